The van der Waals surface area contributed by atoms with E-state index in [9.17, 15) is 13.6 Å². The monoisotopic (exact) mass is 496 g/mol. The van der Waals surface area contributed by atoms with Gasteiger partial charge in [-0.05, 0) is 43.3 Å². The molecule has 0 bridgehead atoms. The molecule has 36 heavy (non-hydrogen) atoms. The lowest BCUT2D eigenvalue weighted by Gasteiger charge is -2.31. The standard InChI is InChI=1S/C25H26F2N6O3/c1-15-28-21-5-2-16(10-22(21)29-15)30-25(34)14-33-7-9-36-24(13-33)23-11-17(31-32-23)6-8-35-18-3-4-19(26)20(27)12-18/h2-5,10-12,24H,6-9,13-14H2,1H3,(H,28,29)(H,30,34)(H,31,32)/t24-/m1/s1. The van der Waals surface area contributed by atoms with Crippen LogP contribution in [0.2, 0.25) is 0 Å². The number of fused-ring (bicyclic) bond motifs is 1. The van der Waals surface area contributed by atoms with E-state index in [-0.39, 0.29) is 30.9 Å². The number of rotatable bonds is 8. The van der Waals surface area contributed by atoms with Crippen LogP contribution >= 0.6 is 0 Å². The fourth-order valence-corrected chi connectivity index (χ4v) is 4.16. The summed E-state index contributed by atoms with van der Waals surface area (Å²) < 4.78 is 37.7. The number of anilines is 1. The Morgan fingerprint density at radius 2 is 2.11 bits per heavy atom. The Bertz CT molecular complexity index is 1370. The minimum absolute atomic E-state index is 0.108. The molecule has 1 aliphatic heterocycles. The molecule has 0 unspecified atom stereocenters. The Kier molecular flexibility index (Phi) is 6.92. The minimum Gasteiger partial charge on any atom is -0.493 e. The highest BCUT2D eigenvalue weighted by Crippen LogP contribution is 2.22. The molecule has 1 atom stereocenters. The second-order valence-corrected chi connectivity index (χ2v) is 8.69. The number of aromatic nitrogens is 4. The molecule has 1 aliphatic rings. The normalized spacial score (nSPS) is 16.4. The van der Waals surface area contributed by atoms with Crippen molar-refractivity contribution in [2.75, 3.05) is 38.2 Å². The Morgan fingerprint density at radius 3 is 2.97 bits per heavy atom. The number of halogens is 2. The number of carbonyl (C=O) groups is 1. The zero-order valence-electron chi connectivity index (χ0n) is 19.7. The Balaban J connectivity index is 1.11. The van der Waals surface area contributed by atoms with Crippen LogP contribution in [0, 0.1) is 18.6 Å². The molecule has 3 N–H and O–H groups in total. The molecule has 3 heterocycles. The van der Waals surface area contributed by atoms with E-state index in [1.54, 1.807) is 0 Å². The van der Waals surface area contributed by atoms with Gasteiger partial charge in [-0.3, -0.25) is 14.8 Å². The Morgan fingerprint density at radius 1 is 1.22 bits per heavy atom. The molecule has 2 aromatic heterocycles. The predicted molar refractivity (Wildman–Crippen MR) is 129 cm³/mol. The molecule has 4 aromatic rings. The van der Waals surface area contributed by atoms with E-state index in [0.29, 0.717) is 31.8 Å². The number of nitrogens with one attached hydrogen (secondary N) is 3. The van der Waals surface area contributed by atoms with Gasteiger partial charge in [0.15, 0.2) is 11.6 Å². The summed E-state index contributed by atoms with van der Waals surface area (Å²) in [5.74, 6) is -0.880. The first-order chi connectivity index (χ1) is 17.4. The average molecular weight is 497 g/mol. The fraction of sp³-hybridized carbons (Fsp3) is 0.320. The molecule has 9 nitrogen and oxygen atoms in total. The fourth-order valence-electron chi connectivity index (χ4n) is 4.16. The van der Waals surface area contributed by atoms with Gasteiger partial charge in [-0.15, -0.1) is 0 Å². The number of amides is 1. The molecular formula is C25H26F2N6O3. The number of ether oxygens (including phenoxy) is 2. The highest BCUT2D eigenvalue weighted by Gasteiger charge is 2.25. The molecule has 1 amide bonds. The second-order valence-electron chi connectivity index (χ2n) is 8.69. The molecule has 2 aromatic carbocycles. The van der Waals surface area contributed by atoms with E-state index < -0.39 is 11.6 Å². The Hall–Kier alpha value is -3.83. The summed E-state index contributed by atoms with van der Waals surface area (Å²) in [5.41, 5.74) is 4.01. The summed E-state index contributed by atoms with van der Waals surface area (Å²) in [6, 6.07) is 10.9. The molecule has 188 valence electrons. The van der Waals surface area contributed by atoms with Crippen LogP contribution < -0.4 is 10.1 Å². The zero-order valence-corrected chi connectivity index (χ0v) is 19.7. The highest BCUT2D eigenvalue weighted by molar-refractivity contribution is 5.94. The summed E-state index contributed by atoms with van der Waals surface area (Å²) in [5, 5.41) is 10.3. The van der Waals surface area contributed by atoms with Gasteiger partial charge in [0.05, 0.1) is 36.5 Å². The molecule has 0 radical (unpaired) electrons. The summed E-state index contributed by atoms with van der Waals surface area (Å²) in [6.45, 7) is 4.05. The number of morpholine rings is 1. The topological polar surface area (TPSA) is 108 Å². The number of nitrogens with zero attached hydrogens (tertiary/aromatic N) is 3. The number of imidazole rings is 1. The van der Waals surface area contributed by atoms with Crippen molar-refractivity contribution in [1.29, 1.82) is 0 Å². The number of benzene rings is 2. The molecule has 1 saturated heterocycles. The average Bonchev–Trinajstić information content (AvgIpc) is 3.47. The largest absolute Gasteiger partial charge is 0.493 e. The van der Waals surface area contributed by atoms with Crippen molar-refractivity contribution in [3.63, 3.8) is 0 Å². The van der Waals surface area contributed by atoms with E-state index in [2.05, 4.69) is 25.5 Å². The smallest absolute Gasteiger partial charge is 0.238 e. The zero-order chi connectivity index (χ0) is 25.1. The van der Waals surface area contributed by atoms with Gasteiger partial charge in [0.25, 0.3) is 0 Å². The van der Waals surface area contributed by atoms with Crippen molar-refractivity contribution in [2.24, 2.45) is 0 Å². The van der Waals surface area contributed by atoms with Gasteiger partial charge in [0.2, 0.25) is 5.91 Å². The van der Waals surface area contributed by atoms with Crippen LogP contribution in [0.25, 0.3) is 11.0 Å². The molecule has 0 aliphatic carbocycles. The number of hydrogen-bond acceptors (Lipinski definition) is 6. The van der Waals surface area contributed by atoms with Crippen LogP contribution in [0.3, 0.4) is 0 Å². The summed E-state index contributed by atoms with van der Waals surface area (Å²) in [6.07, 6.45) is 0.235. The molecule has 1 fully saturated rings. The number of aromatic amines is 2. The van der Waals surface area contributed by atoms with Crippen LogP contribution in [0.15, 0.2) is 42.5 Å². The van der Waals surface area contributed by atoms with Gasteiger partial charge in [0.1, 0.15) is 17.7 Å². The van der Waals surface area contributed by atoms with Crippen LogP contribution in [0.5, 0.6) is 5.75 Å². The number of hydrogen-bond donors (Lipinski definition) is 3. The lowest BCUT2D eigenvalue weighted by molar-refractivity contribution is -0.119. The third kappa shape index (κ3) is 5.69. The van der Waals surface area contributed by atoms with Crippen molar-refractivity contribution in [1.82, 2.24) is 25.1 Å². The van der Waals surface area contributed by atoms with E-state index in [0.717, 1.165) is 40.4 Å². The van der Waals surface area contributed by atoms with Crippen LogP contribution in [0.1, 0.15) is 23.3 Å². The number of carbonyl (C=O) groups excluding carboxylic acids is 1. The summed E-state index contributed by atoms with van der Waals surface area (Å²) in [4.78, 5) is 22.2. The van der Waals surface area contributed by atoms with Gasteiger partial charge in [-0.1, -0.05) is 0 Å². The van der Waals surface area contributed by atoms with E-state index in [4.69, 9.17) is 9.47 Å². The molecular weight excluding hydrogens is 470 g/mol. The molecule has 0 spiro atoms. The second kappa shape index (κ2) is 10.4. The van der Waals surface area contributed by atoms with Crippen molar-refractivity contribution < 1.29 is 23.0 Å². The van der Waals surface area contributed by atoms with Crippen molar-refractivity contribution in [3.8, 4) is 5.75 Å². The lowest BCUT2D eigenvalue weighted by atomic mass is 10.2. The van der Waals surface area contributed by atoms with Gasteiger partial charge in [-0.2, -0.15) is 5.10 Å². The van der Waals surface area contributed by atoms with Gasteiger partial charge >= 0.3 is 0 Å². The quantitative estimate of drug-likeness (QED) is 0.345. The first kappa shape index (κ1) is 23.9. The molecule has 11 heteroatoms. The van der Waals surface area contributed by atoms with Crippen molar-refractivity contribution >= 4 is 22.6 Å². The maximum absolute atomic E-state index is 13.3. The molecule has 0 saturated carbocycles. The van der Waals surface area contributed by atoms with Gasteiger partial charge < -0.3 is 19.8 Å². The van der Waals surface area contributed by atoms with E-state index >= 15 is 0 Å². The first-order valence-corrected chi connectivity index (χ1v) is 11.6. The van der Waals surface area contributed by atoms with E-state index in [1.165, 1.54) is 6.07 Å². The Labute approximate surface area is 205 Å². The van der Waals surface area contributed by atoms with Gasteiger partial charge in [-0.25, -0.2) is 13.8 Å². The van der Waals surface area contributed by atoms with Crippen LogP contribution in [-0.2, 0) is 16.0 Å². The van der Waals surface area contributed by atoms with Crippen LogP contribution in [-0.4, -0.2) is 63.8 Å². The van der Waals surface area contributed by atoms with Crippen molar-refractivity contribution in [2.45, 2.75) is 19.4 Å². The maximum Gasteiger partial charge on any atom is 0.238 e. The first-order valence-electron chi connectivity index (χ1n) is 11.6. The number of H-pyrrole nitrogens is 2. The van der Waals surface area contributed by atoms with Crippen LogP contribution in [0.4, 0.5) is 14.5 Å². The predicted octanol–water partition coefficient (Wildman–Crippen LogP) is 3.51. The highest BCUT2D eigenvalue weighted by atomic mass is 19.2. The SMILES string of the molecule is Cc1nc2ccc(NC(=O)CN3CCO[C@@H](c4cc(CCOc5ccc(F)c(F)c5)[nH]n4)C3)cc2[nH]1. The van der Waals surface area contributed by atoms with Crippen molar-refractivity contribution in [3.05, 3.63) is 71.3 Å². The lowest BCUT2D eigenvalue weighted by Crippen LogP contribution is -2.42. The molecule has 5 rings (SSSR count). The van der Waals surface area contributed by atoms with E-state index in [1.807, 2.05) is 36.1 Å². The summed E-state index contributed by atoms with van der Waals surface area (Å²) in [7, 11) is 0. The summed E-state index contributed by atoms with van der Waals surface area (Å²) >= 11 is 0. The number of aryl methyl sites for hydroxylation is 1. The maximum atomic E-state index is 13.3. The minimum atomic E-state index is -0.946. The van der Waals surface area contributed by atoms with Gasteiger partial charge in [0, 0.05) is 37.0 Å². The third-order valence-corrected chi connectivity index (χ3v) is 5.91. The third-order valence-electron chi connectivity index (χ3n) is 5.91.